The molecule has 0 bridgehead atoms. The van der Waals surface area contributed by atoms with Crippen LogP contribution in [0.4, 0.5) is 0 Å². The van der Waals surface area contributed by atoms with Gasteiger partial charge in [-0.2, -0.15) is 0 Å². The van der Waals surface area contributed by atoms with Crippen molar-refractivity contribution in [3.8, 4) is 22.3 Å². The molecule has 0 aliphatic rings. The minimum atomic E-state index is 0.736. The Labute approximate surface area is 248 Å². The van der Waals surface area contributed by atoms with Crippen molar-refractivity contribution in [1.82, 2.24) is 0 Å². The van der Waals surface area contributed by atoms with E-state index in [9.17, 15) is 0 Å². The number of rotatable bonds is 7. The lowest BCUT2D eigenvalue weighted by molar-refractivity contribution is 1.46. The van der Waals surface area contributed by atoms with Crippen LogP contribution in [0.15, 0.2) is 163 Å². The maximum Gasteiger partial charge on any atom is 0.0712 e. The van der Waals surface area contributed by atoms with Crippen LogP contribution in [0.1, 0.15) is 29.2 Å². The average molecular weight is 540 g/mol. The summed E-state index contributed by atoms with van der Waals surface area (Å²) in [6.07, 6.45) is 2.16. The second kappa shape index (κ2) is 12.1. The van der Waals surface area contributed by atoms with Crippen LogP contribution in [0.2, 0.25) is 0 Å². The summed E-state index contributed by atoms with van der Waals surface area (Å²) in [4.78, 5) is 5.04. The van der Waals surface area contributed by atoms with E-state index in [-0.39, 0.29) is 0 Å². The van der Waals surface area contributed by atoms with Gasteiger partial charge in [0, 0.05) is 5.56 Å². The van der Waals surface area contributed by atoms with Crippen molar-refractivity contribution < 1.29 is 0 Å². The van der Waals surface area contributed by atoms with Gasteiger partial charge in [0.15, 0.2) is 0 Å². The molecular formula is C41H33N. The molecule has 6 rings (SSSR count). The summed E-state index contributed by atoms with van der Waals surface area (Å²) in [7, 11) is 0. The van der Waals surface area contributed by atoms with Gasteiger partial charge in [-0.3, -0.25) is 0 Å². The third-order valence-corrected chi connectivity index (χ3v) is 7.72. The summed E-state index contributed by atoms with van der Waals surface area (Å²) in [6.45, 7) is 8.59. The molecule has 0 atom stereocenters. The number of aliphatic imine (C=N–C) groups is 1. The molecule has 202 valence electrons. The van der Waals surface area contributed by atoms with Crippen LogP contribution < -0.4 is 0 Å². The van der Waals surface area contributed by atoms with Gasteiger partial charge in [-0.1, -0.05) is 158 Å². The minimum absolute atomic E-state index is 0.736. The number of nitrogens with zero attached hydrogens (tertiary/aromatic N) is 1. The molecule has 42 heavy (non-hydrogen) atoms. The Hall–Kier alpha value is -5.27. The smallest absolute Gasteiger partial charge is 0.0712 e. The van der Waals surface area contributed by atoms with Gasteiger partial charge >= 0.3 is 0 Å². The second-order valence-corrected chi connectivity index (χ2v) is 10.7. The van der Waals surface area contributed by atoms with Crippen LogP contribution in [0.3, 0.4) is 0 Å². The first-order valence-electron chi connectivity index (χ1n) is 14.3. The topological polar surface area (TPSA) is 12.4 Å². The van der Waals surface area contributed by atoms with E-state index in [0.29, 0.717) is 0 Å². The van der Waals surface area contributed by atoms with Crippen LogP contribution in [-0.2, 0) is 0 Å². The van der Waals surface area contributed by atoms with Gasteiger partial charge in [0.25, 0.3) is 0 Å². The molecule has 0 saturated carbocycles. The molecule has 6 aromatic carbocycles. The number of hydrogen-bond acceptors (Lipinski definition) is 1. The van der Waals surface area contributed by atoms with E-state index in [2.05, 4.69) is 154 Å². The first kappa shape index (κ1) is 26.9. The number of aryl methyl sites for hydroxylation is 1. The fraction of sp³-hybridized carbons (Fsp3) is 0.0488. The first-order valence-corrected chi connectivity index (χ1v) is 14.3. The Morgan fingerprint density at radius 2 is 1.12 bits per heavy atom. The molecule has 0 fully saturated rings. The lowest BCUT2D eigenvalue weighted by atomic mass is 9.96. The van der Waals surface area contributed by atoms with Gasteiger partial charge in [0.1, 0.15) is 0 Å². The quantitative estimate of drug-likeness (QED) is 0.179. The van der Waals surface area contributed by atoms with Crippen molar-refractivity contribution in [2.75, 3.05) is 0 Å². The fourth-order valence-corrected chi connectivity index (χ4v) is 5.28. The summed E-state index contributed by atoms with van der Waals surface area (Å²) < 4.78 is 0. The molecular weight excluding hydrogens is 506 g/mol. The van der Waals surface area contributed by atoms with Crippen molar-refractivity contribution in [1.29, 1.82) is 0 Å². The predicted octanol–water partition coefficient (Wildman–Crippen LogP) is 11.0. The summed E-state index contributed by atoms with van der Waals surface area (Å²) in [5.74, 6) is 0. The SMILES string of the molecule is C=C(N=C(/C=C(\C)c1ccc(-c2cccc3ccccc23)cc1)c1ccccc1)c1ccc(-c2ccc(C)cc2)cc1. The second-order valence-electron chi connectivity index (χ2n) is 10.7. The van der Waals surface area contributed by atoms with Crippen LogP contribution in [0, 0.1) is 6.92 Å². The predicted molar refractivity (Wildman–Crippen MR) is 182 cm³/mol. The molecule has 0 aromatic heterocycles. The Bertz CT molecular complexity index is 1900. The number of fused-ring (bicyclic) bond motifs is 1. The van der Waals surface area contributed by atoms with E-state index < -0.39 is 0 Å². The molecule has 0 spiro atoms. The van der Waals surface area contributed by atoms with Crippen LogP contribution in [0.5, 0.6) is 0 Å². The largest absolute Gasteiger partial charge is 0.248 e. The molecule has 1 nitrogen and oxygen atoms in total. The zero-order chi connectivity index (χ0) is 28.9. The number of hydrogen-bond donors (Lipinski definition) is 0. The molecule has 0 heterocycles. The Balaban J connectivity index is 1.29. The maximum absolute atomic E-state index is 5.04. The highest BCUT2D eigenvalue weighted by Gasteiger charge is 2.08. The van der Waals surface area contributed by atoms with E-state index in [0.717, 1.165) is 33.7 Å². The summed E-state index contributed by atoms with van der Waals surface area (Å²) >= 11 is 0. The van der Waals surface area contributed by atoms with Gasteiger partial charge in [0.05, 0.1) is 11.4 Å². The van der Waals surface area contributed by atoms with Gasteiger partial charge < -0.3 is 0 Å². The number of allylic oxidation sites excluding steroid dienone is 2. The van der Waals surface area contributed by atoms with Gasteiger partial charge in [-0.25, -0.2) is 4.99 Å². The highest BCUT2D eigenvalue weighted by molar-refractivity contribution is 6.14. The van der Waals surface area contributed by atoms with Gasteiger partial charge in [-0.05, 0) is 69.6 Å². The summed E-state index contributed by atoms with van der Waals surface area (Å²) in [5, 5.41) is 2.52. The molecule has 6 aromatic rings. The molecule has 0 radical (unpaired) electrons. The molecule has 0 amide bonds. The normalized spacial score (nSPS) is 12.0. The lowest BCUT2D eigenvalue weighted by Gasteiger charge is -2.10. The minimum Gasteiger partial charge on any atom is -0.248 e. The zero-order valence-corrected chi connectivity index (χ0v) is 24.1. The average Bonchev–Trinajstić information content (AvgIpc) is 3.05. The van der Waals surface area contributed by atoms with Crippen LogP contribution >= 0.6 is 0 Å². The highest BCUT2D eigenvalue weighted by atomic mass is 14.8. The van der Waals surface area contributed by atoms with Crippen molar-refractivity contribution in [2.45, 2.75) is 13.8 Å². The third-order valence-electron chi connectivity index (χ3n) is 7.72. The standard InChI is InChI=1S/C41H33N/c1-29-16-18-34(19-17-29)35-24-22-33(23-25-35)31(3)42-41(38-11-5-4-6-12-38)28-30(2)32-20-26-37(27-21-32)40-15-9-13-36-10-7-8-14-39(36)40/h4-28H,3H2,1-2H3/b30-28+,42-41?. The highest BCUT2D eigenvalue weighted by Crippen LogP contribution is 2.30. The molecule has 0 unspecified atom stereocenters. The Morgan fingerprint density at radius 3 is 1.83 bits per heavy atom. The van der Waals surface area contributed by atoms with Crippen molar-refractivity contribution in [3.05, 3.63) is 181 Å². The lowest BCUT2D eigenvalue weighted by Crippen LogP contribution is -1.99. The van der Waals surface area contributed by atoms with Crippen molar-refractivity contribution >= 4 is 27.8 Å². The maximum atomic E-state index is 5.04. The third kappa shape index (κ3) is 5.92. The monoisotopic (exact) mass is 539 g/mol. The van der Waals surface area contributed by atoms with E-state index in [1.165, 1.54) is 38.6 Å². The van der Waals surface area contributed by atoms with E-state index in [1.54, 1.807) is 0 Å². The van der Waals surface area contributed by atoms with Crippen molar-refractivity contribution in [3.63, 3.8) is 0 Å². The Morgan fingerprint density at radius 1 is 0.548 bits per heavy atom. The van der Waals surface area contributed by atoms with Gasteiger partial charge in [0.2, 0.25) is 0 Å². The van der Waals surface area contributed by atoms with Crippen LogP contribution in [-0.4, -0.2) is 5.71 Å². The fourth-order valence-electron chi connectivity index (χ4n) is 5.28. The summed E-state index contributed by atoms with van der Waals surface area (Å²) in [6, 6.07) is 51.3. The summed E-state index contributed by atoms with van der Waals surface area (Å²) in [5.41, 5.74) is 12.1. The molecule has 0 aliphatic heterocycles. The zero-order valence-electron chi connectivity index (χ0n) is 24.1. The molecule has 0 N–H and O–H groups in total. The van der Waals surface area contributed by atoms with Crippen LogP contribution in [0.25, 0.3) is 44.3 Å². The van der Waals surface area contributed by atoms with Crippen molar-refractivity contribution in [2.24, 2.45) is 4.99 Å². The van der Waals surface area contributed by atoms with Gasteiger partial charge in [-0.15, -0.1) is 0 Å². The van der Waals surface area contributed by atoms with E-state index >= 15 is 0 Å². The van der Waals surface area contributed by atoms with E-state index in [1.807, 2.05) is 18.2 Å². The van der Waals surface area contributed by atoms with E-state index in [4.69, 9.17) is 4.99 Å². The Kier molecular flexibility index (Phi) is 7.74. The number of benzene rings is 6. The first-order chi connectivity index (χ1) is 20.5. The molecule has 0 saturated heterocycles. The molecule has 1 heteroatoms. The molecule has 0 aliphatic carbocycles.